The molecule has 3 rings (SSSR count). The number of esters is 1. The van der Waals surface area contributed by atoms with Crippen LogP contribution in [0.5, 0.6) is 11.5 Å². The van der Waals surface area contributed by atoms with Crippen LogP contribution >= 0.6 is 0 Å². The quantitative estimate of drug-likeness (QED) is 0.544. The lowest BCUT2D eigenvalue weighted by Gasteiger charge is -2.22. The van der Waals surface area contributed by atoms with Crippen LogP contribution in [-0.4, -0.2) is 63.2 Å². The maximum atomic E-state index is 12.0. The zero-order valence-electron chi connectivity index (χ0n) is 14.2. The molecule has 140 valence electrons. The third kappa shape index (κ3) is 4.34. The van der Waals surface area contributed by atoms with Crippen molar-refractivity contribution < 1.29 is 32.2 Å². The summed E-state index contributed by atoms with van der Waals surface area (Å²) in [4.78, 5) is 25.1. The fraction of sp³-hybridized carbons (Fsp3) is 0.412. The lowest BCUT2D eigenvalue weighted by Crippen LogP contribution is -2.40. The van der Waals surface area contributed by atoms with Gasteiger partial charge in [0.1, 0.15) is 0 Å². The van der Waals surface area contributed by atoms with Gasteiger partial charge in [-0.05, 0) is 30.2 Å². The van der Waals surface area contributed by atoms with Crippen molar-refractivity contribution in [2.24, 2.45) is 0 Å². The maximum Gasteiger partial charge on any atom is 0.331 e. The first-order valence-electron chi connectivity index (χ1n) is 8.05. The Morgan fingerprint density at radius 3 is 2.81 bits per heavy atom. The lowest BCUT2D eigenvalue weighted by molar-refractivity contribution is -0.148. The zero-order valence-corrected chi connectivity index (χ0v) is 15.0. The summed E-state index contributed by atoms with van der Waals surface area (Å²) in [6, 6.07) is 4.86. The number of carbonyl (C=O) groups is 2. The van der Waals surface area contributed by atoms with Crippen molar-refractivity contribution in [1.82, 2.24) is 4.90 Å². The van der Waals surface area contributed by atoms with Crippen molar-refractivity contribution in [3.63, 3.8) is 0 Å². The molecule has 1 aromatic rings. The highest BCUT2D eigenvalue weighted by atomic mass is 32.2. The first-order chi connectivity index (χ1) is 12.3. The molecule has 0 radical (unpaired) electrons. The monoisotopic (exact) mass is 381 g/mol. The van der Waals surface area contributed by atoms with E-state index in [-0.39, 0.29) is 24.3 Å². The Balaban J connectivity index is 1.48. The second-order valence-electron chi connectivity index (χ2n) is 6.12. The van der Waals surface area contributed by atoms with E-state index in [2.05, 4.69) is 0 Å². The Morgan fingerprint density at radius 2 is 2.08 bits per heavy atom. The molecule has 2 aliphatic rings. The molecule has 0 bridgehead atoms. The molecule has 0 spiro atoms. The van der Waals surface area contributed by atoms with Gasteiger partial charge in [0.05, 0.1) is 11.5 Å². The molecule has 0 unspecified atom stereocenters. The molecule has 9 heteroatoms. The molecule has 1 aromatic carbocycles. The summed E-state index contributed by atoms with van der Waals surface area (Å²) in [6.07, 6.45) is 3.16. The molecule has 2 heterocycles. The van der Waals surface area contributed by atoms with Crippen molar-refractivity contribution in [2.75, 3.05) is 32.0 Å². The van der Waals surface area contributed by atoms with Crippen molar-refractivity contribution in [2.45, 2.75) is 12.5 Å². The van der Waals surface area contributed by atoms with Crippen LogP contribution < -0.4 is 9.47 Å². The number of likely N-dealkylation sites (N-methyl/N-ethyl adjacent to an activating group) is 1. The number of nitrogens with zero attached hydrogens (tertiary/aromatic N) is 1. The fourth-order valence-electron chi connectivity index (χ4n) is 2.75. The Morgan fingerprint density at radius 1 is 1.31 bits per heavy atom. The number of ether oxygens (including phenoxy) is 3. The average Bonchev–Trinajstić information content (AvgIpc) is 3.22. The molecule has 1 saturated heterocycles. The topological polar surface area (TPSA) is 99.2 Å². The second kappa shape index (κ2) is 7.36. The van der Waals surface area contributed by atoms with Crippen LogP contribution in [0.1, 0.15) is 12.0 Å². The first-order valence-corrected chi connectivity index (χ1v) is 9.87. The Bertz CT molecular complexity index is 847. The molecular formula is C17H19NO7S. The molecule has 0 aromatic heterocycles. The minimum Gasteiger partial charge on any atom is -0.454 e. The van der Waals surface area contributed by atoms with Gasteiger partial charge in [0.25, 0.3) is 5.91 Å². The lowest BCUT2D eigenvalue weighted by atomic mass is 10.2. The van der Waals surface area contributed by atoms with Gasteiger partial charge < -0.3 is 19.1 Å². The average molecular weight is 381 g/mol. The van der Waals surface area contributed by atoms with E-state index in [1.165, 1.54) is 18.0 Å². The van der Waals surface area contributed by atoms with E-state index < -0.39 is 28.3 Å². The fourth-order valence-corrected chi connectivity index (χ4v) is 4.52. The van der Waals surface area contributed by atoms with Crippen molar-refractivity contribution >= 4 is 27.8 Å². The van der Waals surface area contributed by atoms with E-state index in [0.717, 1.165) is 5.56 Å². The number of hydrogen-bond acceptors (Lipinski definition) is 7. The maximum absolute atomic E-state index is 12.0. The van der Waals surface area contributed by atoms with Crippen molar-refractivity contribution in [3.05, 3.63) is 29.8 Å². The van der Waals surface area contributed by atoms with Crippen LogP contribution in [0, 0.1) is 0 Å². The minimum atomic E-state index is -3.08. The van der Waals surface area contributed by atoms with Crippen LogP contribution in [0.15, 0.2) is 24.3 Å². The van der Waals surface area contributed by atoms with Gasteiger partial charge in [-0.3, -0.25) is 4.79 Å². The second-order valence-corrected chi connectivity index (χ2v) is 8.34. The Labute approximate surface area is 151 Å². The first kappa shape index (κ1) is 18.2. The zero-order chi connectivity index (χ0) is 18.7. The number of fused-ring (bicyclic) bond motifs is 1. The number of amides is 1. The van der Waals surface area contributed by atoms with Crippen molar-refractivity contribution in [3.8, 4) is 11.5 Å². The predicted molar refractivity (Wildman–Crippen MR) is 92.4 cm³/mol. The van der Waals surface area contributed by atoms with Gasteiger partial charge in [0.2, 0.25) is 6.79 Å². The van der Waals surface area contributed by atoms with Gasteiger partial charge in [-0.25, -0.2) is 13.2 Å². The Hall–Kier alpha value is -2.55. The summed E-state index contributed by atoms with van der Waals surface area (Å²) in [7, 11) is -1.56. The van der Waals surface area contributed by atoms with Gasteiger partial charge in [-0.15, -0.1) is 0 Å². The summed E-state index contributed by atoms with van der Waals surface area (Å²) in [5.41, 5.74) is 0.728. The van der Waals surface area contributed by atoms with Gasteiger partial charge in [-0.1, -0.05) is 6.07 Å². The highest BCUT2D eigenvalue weighted by molar-refractivity contribution is 7.91. The predicted octanol–water partition coefficient (Wildman–Crippen LogP) is 0.617. The van der Waals surface area contributed by atoms with E-state index in [1.54, 1.807) is 24.3 Å². The minimum absolute atomic E-state index is 0.0484. The van der Waals surface area contributed by atoms with E-state index in [4.69, 9.17) is 14.2 Å². The molecule has 0 saturated carbocycles. The van der Waals surface area contributed by atoms with Crippen LogP contribution in [0.25, 0.3) is 6.08 Å². The largest absolute Gasteiger partial charge is 0.454 e. The van der Waals surface area contributed by atoms with Crippen molar-refractivity contribution in [1.29, 1.82) is 0 Å². The van der Waals surface area contributed by atoms with Crippen LogP contribution in [-0.2, 0) is 24.2 Å². The van der Waals surface area contributed by atoms with Gasteiger partial charge in [0, 0.05) is 19.2 Å². The number of sulfone groups is 1. The number of hydrogen-bond donors (Lipinski definition) is 0. The van der Waals surface area contributed by atoms with E-state index in [0.29, 0.717) is 17.9 Å². The van der Waals surface area contributed by atoms with Crippen LogP contribution in [0.4, 0.5) is 0 Å². The third-order valence-electron chi connectivity index (χ3n) is 4.30. The standard InChI is InChI=1S/C17H19NO7S/c1-18(13-6-7-26(21,22)10-13)16(19)9-23-17(20)5-3-12-2-4-14-15(8-12)25-11-24-14/h2-5,8,13H,6-7,9-11H2,1H3/b5-3+/t13-/m0/s1. The van der Waals surface area contributed by atoms with E-state index in [1.807, 2.05) is 0 Å². The van der Waals surface area contributed by atoms with E-state index >= 15 is 0 Å². The molecule has 26 heavy (non-hydrogen) atoms. The summed E-state index contributed by atoms with van der Waals surface area (Å²) in [6.45, 7) is -0.264. The van der Waals surface area contributed by atoms with E-state index in [9.17, 15) is 18.0 Å². The molecule has 1 fully saturated rings. The summed E-state index contributed by atoms with van der Waals surface area (Å²) < 4.78 is 38.3. The Kier molecular flexibility index (Phi) is 5.17. The number of rotatable bonds is 5. The molecule has 8 nitrogen and oxygen atoms in total. The summed E-state index contributed by atoms with van der Waals surface area (Å²) in [5, 5.41) is 0. The SMILES string of the molecule is CN(C(=O)COC(=O)/C=C/c1ccc2c(c1)OCO2)[C@H]1CCS(=O)(=O)C1. The molecule has 0 aliphatic carbocycles. The molecule has 1 amide bonds. The normalized spacial score (nSPS) is 20.3. The highest BCUT2D eigenvalue weighted by Gasteiger charge is 2.32. The number of carbonyl (C=O) groups excluding carboxylic acids is 2. The number of benzene rings is 1. The third-order valence-corrected chi connectivity index (χ3v) is 6.05. The smallest absolute Gasteiger partial charge is 0.331 e. The van der Waals surface area contributed by atoms with Gasteiger partial charge >= 0.3 is 5.97 Å². The summed E-state index contributed by atoms with van der Waals surface area (Å²) in [5.74, 6) is 0.178. The highest BCUT2D eigenvalue weighted by Crippen LogP contribution is 2.32. The summed E-state index contributed by atoms with van der Waals surface area (Å²) >= 11 is 0. The van der Waals surface area contributed by atoms with Gasteiger partial charge in [0.15, 0.2) is 27.9 Å². The molecular weight excluding hydrogens is 362 g/mol. The van der Waals surface area contributed by atoms with Gasteiger partial charge in [-0.2, -0.15) is 0 Å². The molecule has 2 aliphatic heterocycles. The van der Waals surface area contributed by atoms with Crippen LogP contribution in [0.2, 0.25) is 0 Å². The molecule has 0 N–H and O–H groups in total. The van der Waals surface area contributed by atoms with Crippen LogP contribution in [0.3, 0.4) is 0 Å². The molecule has 1 atom stereocenters.